The molecule has 1 aromatic rings. The SMILES string of the molecule is CC1CCCC(Oc2ccc(S(=O)(=O)N(C)C)cc2N)C1. The zero-order valence-electron chi connectivity index (χ0n) is 12.9. The molecule has 1 saturated carbocycles. The second-order valence-electron chi connectivity index (χ2n) is 6.00. The molecule has 0 saturated heterocycles. The summed E-state index contributed by atoms with van der Waals surface area (Å²) in [4.78, 5) is 0.189. The van der Waals surface area contributed by atoms with Crippen LogP contribution in [0.4, 0.5) is 5.69 Å². The van der Waals surface area contributed by atoms with E-state index in [0.717, 1.165) is 12.8 Å². The minimum Gasteiger partial charge on any atom is -0.488 e. The predicted molar refractivity (Wildman–Crippen MR) is 83.8 cm³/mol. The van der Waals surface area contributed by atoms with Gasteiger partial charge in [0.2, 0.25) is 10.0 Å². The van der Waals surface area contributed by atoms with Gasteiger partial charge in [-0.15, -0.1) is 0 Å². The van der Waals surface area contributed by atoms with Crippen LogP contribution >= 0.6 is 0 Å². The van der Waals surface area contributed by atoms with E-state index in [1.165, 1.54) is 37.3 Å². The van der Waals surface area contributed by atoms with Crippen LogP contribution in [0.25, 0.3) is 0 Å². The third-order valence-corrected chi connectivity index (χ3v) is 5.75. The van der Waals surface area contributed by atoms with Crippen molar-refractivity contribution in [3.05, 3.63) is 18.2 Å². The monoisotopic (exact) mass is 312 g/mol. The molecular weight excluding hydrogens is 288 g/mol. The Kier molecular flexibility index (Phi) is 4.78. The van der Waals surface area contributed by atoms with Crippen LogP contribution in [0, 0.1) is 5.92 Å². The second-order valence-corrected chi connectivity index (χ2v) is 8.15. The number of nitrogens with two attached hydrogens (primary N) is 1. The van der Waals surface area contributed by atoms with Crippen molar-refractivity contribution < 1.29 is 13.2 Å². The summed E-state index contributed by atoms with van der Waals surface area (Å²) in [6, 6.07) is 4.68. The Morgan fingerprint density at radius 2 is 2.00 bits per heavy atom. The van der Waals surface area contributed by atoms with Crippen LogP contribution in [0.1, 0.15) is 32.6 Å². The maximum absolute atomic E-state index is 12.1. The van der Waals surface area contributed by atoms with E-state index in [1.54, 1.807) is 12.1 Å². The van der Waals surface area contributed by atoms with E-state index in [0.29, 0.717) is 17.4 Å². The van der Waals surface area contributed by atoms with Gasteiger partial charge in [-0.2, -0.15) is 0 Å². The number of ether oxygens (including phenoxy) is 1. The van der Waals surface area contributed by atoms with E-state index in [2.05, 4.69) is 6.92 Å². The summed E-state index contributed by atoms with van der Waals surface area (Å²) in [6.07, 6.45) is 4.64. The normalized spacial score (nSPS) is 23.2. The Balaban J connectivity index is 2.16. The third-order valence-electron chi connectivity index (χ3n) is 3.94. The number of hydrogen-bond acceptors (Lipinski definition) is 4. The maximum atomic E-state index is 12.1. The highest BCUT2D eigenvalue weighted by Gasteiger charge is 2.22. The molecule has 0 aromatic heterocycles. The van der Waals surface area contributed by atoms with Gasteiger partial charge in [0.15, 0.2) is 0 Å². The molecule has 2 N–H and O–H groups in total. The number of hydrogen-bond donors (Lipinski definition) is 1. The summed E-state index contributed by atoms with van der Waals surface area (Å²) in [6.45, 7) is 2.23. The molecule has 5 nitrogen and oxygen atoms in total. The van der Waals surface area contributed by atoms with Crippen molar-refractivity contribution in [3.63, 3.8) is 0 Å². The molecule has 0 radical (unpaired) electrons. The van der Waals surface area contributed by atoms with Gasteiger partial charge in [-0.25, -0.2) is 12.7 Å². The quantitative estimate of drug-likeness (QED) is 0.867. The lowest BCUT2D eigenvalue weighted by atomic mass is 9.89. The van der Waals surface area contributed by atoms with Crippen molar-refractivity contribution in [2.45, 2.75) is 43.6 Å². The summed E-state index contributed by atoms with van der Waals surface area (Å²) in [5.41, 5.74) is 6.33. The predicted octanol–water partition coefficient (Wildman–Crippen LogP) is 2.48. The molecule has 1 fully saturated rings. The molecule has 118 valence electrons. The van der Waals surface area contributed by atoms with Gasteiger partial charge in [-0.1, -0.05) is 13.3 Å². The highest BCUT2D eigenvalue weighted by atomic mass is 32.2. The van der Waals surface area contributed by atoms with E-state index >= 15 is 0 Å². The van der Waals surface area contributed by atoms with E-state index in [1.807, 2.05) is 0 Å². The Morgan fingerprint density at radius 3 is 2.57 bits per heavy atom. The van der Waals surface area contributed by atoms with Crippen molar-refractivity contribution in [1.82, 2.24) is 4.31 Å². The number of nitrogens with zero attached hydrogens (tertiary/aromatic N) is 1. The van der Waals surface area contributed by atoms with Crippen LogP contribution in [-0.2, 0) is 10.0 Å². The van der Waals surface area contributed by atoms with Gasteiger partial charge >= 0.3 is 0 Å². The van der Waals surface area contributed by atoms with Gasteiger partial charge in [0.05, 0.1) is 16.7 Å². The highest BCUT2D eigenvalue weighted by molar-refractivity contribution is 7.89. The van der Waals surface area contributed by atoms with Crippen molar-refractivity contribution in [2.24, 2.45) is 5.92 Å². The molecule has 0 heterocycles. The number of sulfonamides is 1. The van der Waals surface area contributed by atoms with Gasteiger partial charge in [0, 0.05) is 14.1 Å². The summed E-state index contributed by atoms with van der Waals surface area (Å²) < 4.78 is 31.2. The molecule has 0 amide bonds. The van der Waals surface area contributed by atoms with Crippen molar-refractivity contribution >= 4 is 15.7 Å². The molecular formula is C15H24N2O3S. The van der Waals surface area contributed by atoms with E-state index in [4.69, 9.17) is 10.5 Å². The molecule has 6 heteroatoms. The summed E-state index contributed by atoms with van der Waals surface area (Å²) in [5.74, 6) is 1.24. The summed E-state index contributed by atoms with van der Waals surface area (Å²) >= 11 is 0. The molecule has 2 atom stereocenters. The van der Waals surface area contributed by atoms with Gasteiger partial charge in [0.25, 0.3) is 0 Å². The van der Waals surface area contributed by atoms with Crippen LogP contribution in [0.5, 0.6) is 5.75 Å². The second kappa shape index (κ2) is 6.23. The molecule has 1 aromatic carbocycles. The zero-order chi connectivity index (χ0) is 15.6. The Bertz CT molecular complexity index is 599. The first-order valence-corrected chi connectivity index (χ1v) is 8.73. The van der Waals surface area contributed by atoms with Gasteiger partial charge in [0.1, 0.15) is 5.75 Å². The van der Waals surface area contributed by atoms with E-state index < -0.39 is 10.0 Å². The summed E-state index contributed by atoms with van der Waals surface area (Å²) in [7, 11) is -0.462. The lowest BCUT2D eigenvalue weighted by Crippen LogP contribution is -2.25. The molecule has 0 bridgehead atoms. The fourth-order valence-electron chi connectivity index (χ4n) is 2.67. The minimum atomic E-state index is -3.46. The first-order chi connectivity index (χ1) is 9.80. The van der Waals surface area contributed by atoms with Gasteiger partial charge in [-0.05, 0) is 43.4 Å². The number of rotatable bonds is 4. The lowest BCUT2D eigenvalue weighted by molar-refractivity contribution is 0.130. The number of nitrogen functional groups attached to an aromatic ring is 1. The third kappa shape index (κ3) is 3.68. The van der Waals surface area contributed by atoms with Crippen molar-refractivity contribution in [3.8, 4) is 5.75 Å². The summed E-state index contributed by atoms with van der Waals surface area (Å²) in [5, 5.41) is 0. The van der Waals surface area contributed by atoms with Crippen molar-refractivity contribution in [2.75, 3.05) is 19.8 Å². The average molecular weight is 312 g/mol. The first kappa shape index (κ1) is 16.1. The van der Waals surface area contributed by atoms with E-state index in [-0.39, 0.29) is 11.0 Å². The Hall–Kier alpha value is -1.27. The Morgan fingerprint density at radius 1 is 1.29 bits per heavy atom. The van der Waals surface area contributed by atoms with Crippen LogP contribution < -0.4 is 10.5 Å². The van der Waals surface area contributed by atoms with E-state index in [9.17, 15) is 8.42 Å². The standard InChI is InChI=1S/C15H24N2O3S/c1-11-5-4-6-12(9-11)20-15-8-7-13(10-14(15)16)21(18,19)17(2)3/h7-8,10-12H,4-6,9,16H2,1-3H3. The van der Waals surface area contributed by atoms with Crippen LogP contribution in [-0.4, -0.2) is 32.9 Å². The van der Waals surface area contributed by atoms with Crippen LogP contribution in [0.2, 0.25) is 0 Å². The van der Waals surface area contributed by atoms with Gasteiger partial charge in [-0.3, -0.25) is 0 Å². The molecule has 0 spiro atoms. The molecule has 1 aliphatic rings. The van der Waals surface area contributed by atoms with Gasteiger partial charge < -0.3 is 10.5 Å². The fourth-order valence-corrected chi connectivity index (χ4v) is 3.61. The molecule has 2 rings (SSSR count). The smallest absolute Gasteiger partial charge is 0.242 e. The topological polar surface area (TPSA) is 72.6 Å². The van der Waals surface area contributed by atoms with Crippen LogP contribution in [0.15, 0.2) is 23.1 Å². The maximum Gasteiger partial charge on any atom is 0.242 e. The largest absolute Gasteiger partial charge is 0.488 e. The highest BCUT2D eigenvalue weighted by Crippen LogP contribution is 2.31. The lowest BCUT2D eigenvalue weighted by Gasteiger charge is -2.28. The minimum absolute atomic E-state index is 0.173. The zero-order valence-corrected chi connectivity index (χ0v) is 13.7. The first-order valence-electron chi connectivity index (χ1n) is 7.29. The molecule has 2 unspecified atom stereocenters. The molecule has 21 heavy (non-hydrogen) atoms. The Labute approximate surface area is 127 Å². The molecule has 0 aliphatic heterocycles. The number of benzene rings is 1. The molecule has 1 aliphatic carbocycles. The van der Waals surface area contributed by atoms with Crippen molar-refractivity contribution in [1.29, 1.82) is 0 Å². The number of anilines is 1. The fraction of sp³-hybridized carbons (Fsp3) is 0.600. The van der Waals surface area contributed by atoms with Crippen LogP contribution in [0.3, 0.4) is 0 Å². The average Bonchev–Trinajstić information content (AvgIpc) is 2.41.